The van der Waals surface area contributed by atoms with E-state index in [1.54, 1.807) is 0 Å². The summed E-state index contributed by atoms with van der Waals surface area (Å²) < 4.78 is 10.1. The van der Waals surface area contributed by atoms with Crippen LogP contribution in [0.5, 0.6) is 0 Å². The maximum atomic E-state index is 5.62. The van der Waals surface area contributed by atoms with Crippen molar-refractivity contribution in [3.05, 3.63) is 5.82 Å². The number of rotatable bonds is 6. The molecule has 1 saturated carbocycles. The first-order chi connectivity index (χ1) is 9.36. The number of hydrogen-bond acceptors (Lipinski definition) is 6. The van der Waals surface area contributed by atoms with Crippen LogP contribution in [0.4, 0.5) is 5.13 Å². The molecule has 1 aromatic heterocycles. The predicted molar refractivity (Wildman–Crippen MR) is 76.9 cm³/mol. The van der Waals surface area contributed by atoms with Crippen LogP contribution in [0.15, 0.2) is 0 Å². The molecule has 0 radical (unpaired) electrons. The summed E-state index contributed by atoms with van der Waals surface area (Å²) in [5, 5.41) is 4.66. The van der Waals surface area contributed by atoms with E-state index in [2.05, 4.69) is 26.5 Å². The molecule has 2 fully saturated rings. The first-order valence-corrected chi connectivity index (χ1v) is 8.04. The van der Waals surface area contributed by atoms with Crippen molar-refractivity contribution < 1.29 is 4.74 Å². The van der Waals surface area contributed by atoms with E-state index in [0.717, 1.165) is 56.1 Å². The van der Waals surface area contributed by atoms with Gasteiger partial charge in [-0.1, -0.05) is 6.92 Å². The van der Waals surface area contributed by atoms with E-state index in [1.807, 2.05) is 0 Å². The maximum Gasteiger partial charge on any atom is 0.205 e. The Morgan fingerprint density at radius 1 is 1.47 bits per heavy atom. The fourth-order valence-electron chi connectivity index (χ4n) is 2.35. The fraction of sp³-hybridized carbons (Fsp3) is 0.846. The second-order valence-corrected chi connectivity index (χ2v) is 6.08. The Kier molecular flexibility index (Phi) is 4.30. The molecule has 0 spiro atoms. The van der Waals surface area contributed by atoms with Gasteiger partial charge in [-0.25, -0.2) is 4.98 Å². The number of anilines is 1. The number of aromatic nitrogens is 2. The second-order valence-electron chi connectivity index (χ2n) is 5.35. The molecule has 106 valence electrons. The van der Waals surface area contributed by atoms with Gasteiger partial charge in [0, 0.05) is 37.1 Å². The molecule has 3 rings (SSSR count). The van der Waals surface area contributed by atoms with Crippen LogP contribution in [0, 0.1) is 0 Å². The summed E-state index contributed by atoms with van der Waals surface area (Å²) in [6, 6.07) is 1.14. The van der Waals surface area contributed by atoms with Crippen molar-refractivity contribution in [3.63, 3.8) is 0 Å². The molecule has 1 saturated heterocycles. The summed E-state index contributed by atoms with van der Waals surface area (Å²) in [4.78, 5) is 7.04. The summed E-state index contributed by atoms with van der Waals surface area (Å²) >= 11 is 1.53. The summed E-state index contributed by atoms with van der Waals surface area (Å²) in [7, 11) is 0. The van der Waals surface area contributed by atoms with Gasteiger partial charge in [0.1, 0.15) is 5.82 Å². The highest BCUT2D eigenvalue weighted by Gasteiger charge is 2.28. The topological polar surface area (TPSA) is 50.3 Å². The van der Waals surface area contributed by atoms with Crippen molar-refractivity contribution in [2.75, 3.05) is 31.2 Å². The minimum atomic E-state index is 0.400. The zero-order valence-electron chi connectivity index (χ0n) is 11.5. The molecule has 0 amide bonds. The fourth-order valence-corrected chi connectivity index (χ4v) is 3.16. The number of hydrogen-bond donors (Lipinski definition) is 1. The highest BCUT2D eigenvalue weighted by Crippen LogP contribution is 2.23. The minimum absolute atomic E-state index is 0.400. The number of ether oxygens (including phenoxy) is 1. The first kappa shape index (κ1) is 13.3. The van der Waals surface area contributed by atoms with Crippen LogP contribution in [0.3, 0.4) is 0 Å². The summed E-state index contributed by atoms with van der Waals surface area (Å²) in [6.45, 7) is 5.67. The molecule has 1 aromatic rings. The van der Waals surface area contributed by atoms with Crippen molar-refractivity contribution in [1.82, 2.24) is 14.7 Å². The van der Waals surface area contributed by atoms with Crippen LogP contribution in [0.25, 0.3) is 0 Å². The van der Waals surface area contributed by atoms with Crippen molar-refractivity contribution >= 4 is 16.7 Å². The highest BCUT2D eigenvalue weighted by atomic mass is 32.1. The lowest BCUT2D eigenvalue weighted by Crippen LogP contribution is -2.51. The molecular weight excluding hydrogens is 260 g/mol. The molecule has 1 atom stereocenters. The van der Waals surface area contributed by atoms with E-state index in [0.29, 0.717) is 6.04 Å². The standard InChI is InChI=1S/C13H22N4OS/c1-2-3-12-15-13(19-16-12)17-6-7-18-9-11(17)8-14-10-4-5-10/h10-11,14H,2-9H2,1H3. The Hall–Kier alpha value is -0.720. The number of nitrogens with one attached hydrogen (secondary N) is 1. The zero-order chi connectivity index (χ0) is 13.1. The predicted octanol–water partition coefficient (Wildman–Crippen LogP) is 1.45. The van der Waals surface area contributed by atoms with Crippen LogP contribution in [-0.4, -0.2) is 47.7 Å². The number of aryl methyl sites for hydroxylation is 1. The van der Waals surface area contributed by atoms with Gasteiger partial charge in [-0.2, -0.15) is 4.37 Å². The van der Waals surface area contributed by atoms with Crippen LogP contribution < -0.4 is 10.2 Å². The van der Waals surface area contributed by atoms with E-state index in [4.69, 9.17) is 4.74 Å². The van der Waals surface area contributed by atoms with Crippen LogP contribution in [0.2, 0.25) is 0 Å². The Morgan fingerprint density at radius 3 is 3.16 bits per heavy atom. The quantitative estimate of drug-likeness (QED) is 0.856. The molecule has 6 heteroatoms. The van der Waals surface area contributed by atoms with Crippen LogP contribution in [0.1, 0.15) is 32.0 Å². The molecule has 1 N–H and O–H groups in total. The van der Waals surface area contributed by atoms with Gasteiger partial charge in [-0.05, 0) is 19.3 Å². The maximum absolute atomic E-state index is 5.62. The Balaban J connectivity index is 1.63. The first-order valence-electron chi connectivity index (χ1n) is 7.27. The molecule has 1 aliphatic heterocycles. The number of nitrogens with zero attached hydrogens (tertiary/aromatic N) is 3. The molecule has 5 nitrogen and oxygen atoms in total. The van der Waals surface area contributed by atoms with Gasteiger partial charge in [-0.15, -0.1) is 0 Å². The molecule has 19 heavy (non-hydrogen) atoms. The number of morpholine rings is 1. The molecule has 1 unspecified atom stereocenters. The van der Waals surface area contributed by atoms with Gasteiger partial charge in [0.2, 0.25) is 5.13 Å². The summed E-state index contributed by atoms with van der Waals surface area (Å²) in [5.74, 6) is 0.989. The highest BCUT2D eigenvalue weighted by molar-refractivity contribution is 7.09. The van der Waals surface area contributed by atoms with Gasteiger partial charge in [0.15, 0.2) is 0 Å². The van der Waals surface area contributed by atoms with Gasteiger partial charge in [0.05, 0.1) is 19.3 Å². The average molecular weight is 282 g/mol. The monoisotopic (exact) mass is 282 g/mol. The Labute approximate surface area is 118 Å². The lowest BCUT2D eigenvalue weighted by molar-refractivity contribution is 0.0936. The third-order valence-corrected chi connectivity index (χ3v) is 4.41. The SMILES string of the molecule is CCCc1nsc(N2CCOCC2CNC2CC2)n1. The molecule has 2 aliphatic rings. The normalized spacial score (nSPS) is 23.8. The minimum Gasteiger partial charge on any atom is -0.377 e. The molecule has 0 bridgehead atoms. The summed E-state index contributed by atoms with van der Waals surface area (Å²) in [6.07, 6.45) is 4.73. The van der Waals surface area contributed by atoms with Crippen LogP contribution >= 0.6 is 11.5 Å². The van der Waals surface area contributed by atoms with E-state index in [-0.39, 0.29) is 0 Å². The molecule has 0 aromatic carbocycles. The van der Waals surface area contributed by atoms with E-state index < -0.39 is 0 Å². The van der Waals surface area contributed by atoms with Crippen molar-refractivity contribution in [2.45, 2.75) is 44.7 Å². The van der Waals surface area contributed by atoms with Gasteiger partial charge >= 0.3 is 0 Å². The summed E-state index contributed by atoms with van der Waals surface area (Å²) in [5.41, 5.74) is 0. The third-order valence-electron chi connectivity index (χ3n) is 3.62. The largest absolute Gasteiger partial charge is 0.377 e. The van der Waals surface area contributed by atoms with Crippen LogP contribution in [-0.2, 0) is 11.2 Å². The Morgan fingerprint density at radius 2 is 2.37 bits per heavy atom. The van der Waals surface area contributed by atoms with E-state index in [1.165, 1.54) is 24.4 Å². The molecular formula is C13H22N4OS. The lowest BCUT2D eigenvalue weighted by Gasteiger charge is -2.35. The molecule has 1 aliphatic carbocycles. The lowest BCUT2D eigenvalue weighted by atomic mass is 10.2. The Bertz CT molecular complexity index is 407. The van der Waals surface area contributed by atoms with Crippen molar-refractivity contribution in [2.24, 2.45) is 0 Å². The smallest absolute Gasteiger partial charge is 0.205 e. The van der Waals surface area contributed by atoms with E-state index in [9.17, 15) is 0 Å². The average Bonchev–Trinajstić information content (AvgIpc) is 3.16. The molecule has 2 heterocycles. The van der Waals surface area contributed by atoms with Crippen molar-refractivity contribution in [3.8, 4) is 0 Å². The zero-order valence-corrected chi connectivity index (χ0v) is 12.3. The third kappa shape index (κ3) is 3.43. The van der Waals surface area contributed by atoms with E-state index >= 15 is 0 Å². The van der Waals surface area contributed by atoms with Crippen molar-refractivity contribution in [1.29, 1.82) is 0 Å². The van der Waals surface area contributed by atoms with Gasteiger partial charge in [-0.3, -0.25) is 0 Å². The van der Waals surface area contributed by atoms with Gasteiger partial charge < -0.3 is 15.0 Å². The van der Waals surface area contributed by atoms with Gasteiger partial charge in [0.25, 0.3) is 0 Å². The second kappa shape index (κ2) is 6.15.